The van der Waals surface area contributed by atoms with Crippen molar-refractivity contribution in [1.29, 1.82) is 0 Å². The van der Waals surface area contributed by atoms with Gasteiger partial charge in [0.05, 0.1) is 6.42 Å². The number of hydrogen-bond donors (Lipinski definition) is 0. The Bertz CT molecular complexity index is 436. The van der Waals surface area contributed by atoms with E-state index < -0.39 is 17.4 Å². The van der Waals surface area contributed by atoms with Crippen molar-refractivity contribution in [2.24, 2.45) is 0 Å². The first-order valence-corrected chi connectivity index (χ1v) is 4.84. The minimum atomic E-state index is -0.802. The number of cyclic esters (lactones) is 2. The van der Waals surface area contributed by atoms with Crippen LogP contribution in [-0.4, -0.2) is 11.9 Å². The SMILES string of the molecule is Cc1cccc(C2(C)CC(=O)OC2=O)c1. The fraction of sp³-hybridized carbons (Fsp3) is 0.333. The highest BCUT2D eigenvalue weighted by molar-refractivity contribution is 6.00. The van der Waals surface area contributed by atoms with Gasteiger partial charge in [-0.3, -0.25) is 9.59 Å². The van der Waals surface area contributed by atoms with Gasteiger partial charge in [0.15, 0.2) is 0 Å². The second-order valence-corrected chi connectivity index (χ2v) is 4.14. The van der Waals surface area contributed by atoms with Gasteiger partial charge in [0, 0.05) is 0 Å². The van der Waals surface area contributed by atoms with Crippen LogP contribution >= 0.6 is 0 Å². The zero-order valence-electron chi connectivity index (χ0n) is 8.74. The van der Waals surface area contributed by atoms with Crippen molar-refractivity contribution in [3.05, 3.63) is 35.4 Å². The maximum Gasteiger partial charge on any atom is 0.324 e. The van der Waals surface area contributed by atoms with Crippen molar-refractivity contribution < 1.29 is 14.3 Å². The number of esters is 2. The summed E-state index contributed by atoms with van der Waals surface area (Å²) in [5.41, 5.74) is 1.11. The lowest BCUT2D eigenvalue weighted by Gasteiger charge is -2.18. The minimum Gasteiger partial charge on any atom is -0.392 e. The number of carbonyl (C=O) groups excluding carboxylic acids is 2. The maximum absolute atomic E-state index is 11.6. The van der Waals surface area contributed by atoms with Gasteiger partial charge in [-0.1, -0.05) is 29.8 Å². The minimum absolute atomic E-state index is 0.134. The van der Waals surface area contributed by atoms with Crippen molar-refractivity contribution in [2.45, 2.75) is 25.7 Å². The lowest BCUT2D eigenvalue weighted by molar-refractivity contribution is -0.153. The lowest BCUT2D eigenvalue weighted by atomic mass is 9.81. The van der Waals surface area contributed by atoms with E-state index in [-0.39, 0.29) is 6.42 Å². The summed E-state index contributed by atoms with van der Waals surface area (Å²) in [5, 5.41) is 0. The maximum atomic E-state index is 11.6. The van der Waals surface area contributed by atoms with E-state index in [1.807, 2.05) is 31.2 Å². The summed E-state index contributed by atoms with van der Waals surface area (Å²) in [6.07, 6.45) is 0.134. The zero-order valence-corrected chi connectivity index (χ0v) is 8.74. The Hall–Kier alpha value is -1.64. The summed E-state index contributed by atoms with van der Waals surface area (Å²) in [5.74, 6) is -0.887. The first kappa shape index (κ1) is 9.90. The molecule has 3 nitrogen and oxygen atoms in total. The molecule has 1 unspecified atom stereocenters. The standard InChI is InChI=1S/C12H12O3/c1-8-4-3-5-9(6-8)12(2)7-10(13)15-11(12)14/h3-6H,7H2,1-2H3. The number of benzene rings is 1. The molecule has 2 rings (SSSR count). The summed E-state index contributed by atoms with van der Waals surface area (Å²) in [6.45, 7) is 3.70. The molecule has 78 valence electrons. The molecule has 0 radical (unpaired) electrons. The molecule has 0 aliphatic carbocycles. The molecule has 0 spiro atoms. The molecule has 1 aromatic carbocycles. The predicted molar refractivity (Wildman–Crippen MR) is 54.2 cm³/mol. The summed E-state index contributed by atoms with van der Waals surface area (Å²) in [7, 11) is 0. The average molecular weight is 204 g/mol. The molecule has 15 heavy (non-hydrogen) atoms. The highest BCUT2D eigenvalue weighted by Crippen LogP contribution is 2.34. The third kappa shape index (κ3) is 1.54. The predicted octanol–water partition coefficient (Wildman–Crippen LogP) is 1.73. The van der Waals surface area contributed by atoms with Crippen molar-refractivity contribution in [2.75, 3.05) is 0 Å². The van der Waals surface area contributed by atoms with Gasteiger partial charge in [-0.25, -0.2) is 0 Å². The second kappa shape index (κ2) is 3.19. The van der Waals surface area contributed by atoms with E-state index in [0.29, 0.717) is 0 Å². The monoisotopic (exact) mass is 204 g/mol. The Balaban J connectivity index is 2.46. The summed E-state index contributed by atoms with van der Waals surface area (Å²) >= 11 is 0. The smallest absolute Gasteiger partial charge is 0.324 e. The Kier molecular flexibility index (Phi) is 2.11. The second-order valence-electron chi connectivity index (χ2n) is 4.14. The van der Waals surface area contributed by atoms with Gasteiger partial charge in [0.1, 0.15) is 5.41 Å². The van der Waals surface area contributed by atoms with Crippen molar-refractivity contribution in [3.8, 4) is 0 Å². The first-order valence-electron chi connectivity index (χ1n) is 4.84. The molecule has 0 N–H and O–H groups in total. The average Bonchev–Trinajstić information content (AvgIpc) is 2.42. The van der Waals surface area contributed by atoms with Gasteiger partial charge in [0.2, 0.25) is 0 Å². The molecule has 1 fully saturated rings. The normalized spacial score (nSPS) is 25.5. The highest BCUT2D eigenvalue weighted by atomic mass is 16.6. The molecule has 1 aliphatic heterocycles. The Morgan fingerprint density at radius 3 is 2.60 bits per heavy atom. The van der Waals surface area contributed by atoms with Crippen molar-refractivity contribution >= 4 is 11.9 Å². The molecule has 0 aromatic heterocycles. The Morgan fingerprint density at radius 2 is 2.07 bits per heavy atom. The topological polar surface area (TPSA) is 43.4 Å². The molecular formula is C12H12O3. The van der Waals surface area contributed by atoms with Crippen molar-refractivity contribution in [3.63, 3.8) is 0 Å². The van der Waals surface area contributed by atoms with E-state index >= 15 is 0 Å². The molecule has 1 atom stereocenters. The van der Waals surface area contributed by atoms with Crippen LogP contribution in [0.2, 0.25) is 0 Å². The van der Waals surface area contributed by atoms with E-state index in [1.54, 1.807) is 6.92 Å². The van der Waals surface area contributed by atoms with Crippen LogP contribution in [0.4, 0.5) is 0 Å². The Morgan fingerprint density at radius 1 is 1.33 bits per heavy atom. The fourth-order valence-corrected chi connectivity index (χ4v) is 1.82. The number of rotatable bonds is 1. The third-order valence-electron chi connectivity index (χ3n) is 2.81. The van der Waals surface area contributed by atoms with Crippen molar-refractivity contribution in [1.82, 2.24) is 0 Å². The summed E-state index contributed by atoms with van der Waals surface area (Å²) in [6, 6.07) is 7.60. The van der Waals surface area contributed by atoms with Gasteiger partial charge in [-0.15, -0.1) is 0 Å². The molecule has 1 aliphatic rings. The quantitative estimate of drug-likeness (QED) is 0.516. The molecule has 0 amide bonds. The van der Waals surface area contributed by atoms with E-state index in [4.69, 9.17) is 0 Å². The third-order valence-corrected chi connectivity index (χ3v) is 2.81. The molecule has 1 saturated heterocycles. The lowest BCUT2D eigenvalue weighted by Crippen LogP contribution is -2.27. The number of carbonyl (C=O) groups is 2. The van der Waals surface area contributed by atoms with Gasteiger partial charge >= 0.3 is 11.9 Å². The van der Waals surface area contributed by atoms with Crippen LogP contribution in [0.15, 0.2) is 24.3 Å². The molecule has 3 heteroatoms. The largest absolute Gasteiger partial charge is 0.392 e. The number of ether oxygens (including phenoxy) is 1. The van der Waals surface area contributed by atoms with Crippen LogP contribution in [0.5, 0.6) is 0 Å². The van der Waals surface area contributed by atoms with Gasteiger partial charge in [0.25, 0.3) is 0 Å². The number of aryl methyl sites for hydroxylation is 1. The first-order chi connectivity index (χ1) is 7.02. The van der Waals surface area contributed by atoms with Gasteiger partial charge in [-0.05, 0) is 19.4 Å². The number of hydrogen-bond acceptors (Lipinski definition) is 3. The highest BCUT2D eigenvalue weighted by Gasteiger charge is 2.46. The van der Waals surface area contributed by atoms with E-state index in [0.717, 1.165) is 11.1 Å². The molecule has 1 heterocycles. The van der Waals surface area contributed by atoms with Crippen LogP contribution in [0.25, 0.3) is 0 Å². The van der Waals surface area contributed by atoms with Gasteiger partial charge in [-0.2, -0.15) is 0 Å². The Labute approximate surface area is 88.1 Å². The van der Waals surface area contributed by atoms with E-state index in [9.17, 15) is 9.59 Å². The fourth-order valence-electron chi connectivity index (χ4n) is 1.82. The summed E-state index contributed by atoms with van der Waals surface area (Å²) in [4.78, 5) is 22.7. The molecule has 0 bridgehead atoms. The van der Waals surface area contributed by atoms with Crippen LogP contribution in [0, 0.1) is 6.92 Å². The van der Waals surface area contributed by atoms with Crippen LogP contribution in [0.1, 0.15) is 24.5 Å². The molecule has 0 saturated carbocycles. The van der Waals surface area contributed by atoms with Crippen LogP contribution < -0.4 is 0 Å². The summed E-state index contributed by atoms with van der Waals surface area (Å²) < 4.78 is 4.59. The van der Waals surface area contributed by atoms with E-state index in [2.05, 4.69) is 4.74 Å². The van der Waals surface area contributed by atoms with Gasteiger partial charge < -0.3 is 4.74 Å². The zero-order chi connectivity index (χ0) is 11.1. The van der Waals surface area contributed by atoms with E-state index in [1.165, 1.54) is 0 Å². The van der Waals surface area contributed by atoms with Crippen LogP contribution in [-0.2, 0) is 19.7 Å². The molecule has 1 aromatic rings. The molecular weight excluding hydrogens is 192 g/mol. The van der Waals surface area contributed by atoms with Crippen LogP contribution in [0.3, 0.4) is 0 Å².